The zero-order valence-corrected chi connectivity index (χ0v) is 13.1. The van der Waals surface area contributed by atoms with Gasteiger partial charge >= 0.3 is 0 Å². The Morgan fingerprint density at radius 2 is 1.88 bits per heavy atom. The maximum atomic E-state index is 13.2. The number of halogens is 1. The van der Waals surface area contributed by atoms with Crippen molar-refractivity contribution in [2.75, 3.05) is 31.1 Å². The number of nitrogens with zero attached hydrogens (tertiary/aromatic N) is 6. The van der Waals surface area contributed by atoms with E-state index in [4.69, 9.17) is 0 Å². The summed E-state index contributed by atoms with van der Waals surface area (Å²) in [5, 5.41) is 0. The van der Waals surface area contributed by atoms with Crippen LogP contribution < -0.4 is 4.90 Å². The van der Waals surface area contributed by atoms with Gasteiger partial charge in [-0.3, -0.25) is 4.79 Å². The smallest absolute Gasteiger partial charge is 0.257 e. The molecule has 0 N–H and O–H groups in total. The van der Waals surface area contributed by atoms with Crippen LogP contribution in [0.4, 0.5) is 10.2 Å². The highest BCUT2D eigenvalue weighted by Crippen LogP contribution is 2.40. The van der Waals surface area contributed by atoms with Gasteiger partial charge in [0.05, 0.1) is 11.3 Å². The average Bonchev–Trinajstić information content (AvgIpc) is 3.46. The van der Waals surface area contributed by atoms with Crippen LogP contribution >= 0.6 is 0 Å². The van der Waals surface area contributed by atoms with E-state index >= 15 is 0 Å². The summed E-state index contributed by atoms with van der Waals surface area (Å²) in [6, 6.07) is 1.31. The minimum atomic E-state index is -0.547. The van der Waals surface area contributed by atoms with Gasteiger partial charge in [-0.15, -0.1) is 0 Å². The first-order chi connectivity index (χ1) is 11.7. The molecule has 24 heavy (non-hydrogen) atoms. The fourth-order valence-corrected chi connectivity index (χ4v) is 2.99. The van der Waals surface area contributed by atoms with Gasteiger partial charge in [-0.05, 0) is 12.8 Å². The lowest BCUT2D eigenvalue weighted by molar-refractivity contribution is 0.0744. The van der Waals surface area contributed by atoms with Crippen molar-refractivity contribution in [3.63, 3.8) is 0 Å². The summed E-state index contributed by atoms with van der Waals surface area (Å²) in [7, 11) is 0. The van der Waals surface area contributed by atoms with Gasteiger partial charge in [0.15, 0.2) is 0 Å². The minimum absolute atomic E-state index is 0.0222. The number of carbonyl (C=O) groups is 1. The lowest BCUT2D eigenvalue weighted by atomic mass is 10.1. The Hall–Kier alpha value is -2.64. The second-order valence-electron chi connectivity index (χ2n) is 6.07. The largest absolute Gasteiger partial charge is 0.353 e. The third-order valence-electron chi connectivity index (χ3n) is 4.45. The summed E-state index contributed by atoms with van der Waals surface area (Å²) < 4.78 is 13.2. The van der Waals surface area contributed by atoms with E-state index in [1.165, 1.54) is 18.7 Å². The van der Waals surface area contributed by atoms with Crippen LogP contribution in [0.5, 0.6) is 0 Å². The first-order valence-corrected chi connectivity index (χ1v) is 8.04. The Kier molecular flexibility index (Phi) is 3.79. The van der Waals surface area contributed by atoms with Gasteiger partial charge in [0.1, 0.15) is 18.5 Å². The first-order valence-electron chi connectivity index (χ1n) is 8.04. The molecule has 0 aromatic carbocycles. The molecule has 3 heterocycles. The molecular weight excluding hydrogens is 311 g/mol. The number of hydrogen-bond acceptors (Lipinski definition) is 6. The van der Waals surface area contributed by atoms with Gasteiger partial charge in [-0.1, -0.05) is 0 Å². The van der Waals surface area contributed by atoms with E-state index in [1.807, 2.05) is 4.90 Å². The van der Waals surface area contributed by atoms with Crippen LogP contribution in [0.25, 0.3) is 0 Å². The first kappa shape index (κ1) is 14.9. The van der Waals surface area contributed by atoms with Crippen LogP contribution in [0.3, 0.4) is 0 Å². The highest BCUT2D eigenvalue weighted by molar-refractivity contribution is 5.95. The van der Waals surface area contributed by atoms with Crippen LogP contribution in [0.15, 0.2) is 24.9 Å². The van der Waals surface area contributed by atoms with Crippen LogP contribution in [-0.4, -0.2) is 56.9 Å². The molecule has 1 saturated heterocycles. The Morgan fingerprint density at radius 1 is 1.08 bits per heavy atom. The van der Waals surface area contributed by atoms with Crippen LogP contribution in [-0.2, 0) is 0 Å². The quantitative estimate of drug-likeness (QED) is 0.789. The van der Waals surface area contributed by atoms with E-state index in [0.29, 0.717) is 43.5 Å². The van der Waals surface area contributed by atoms with Gasteiger partial charge in [0.25, 0.3) is 5.91 Å². The van der Waals surface area contributed by atoms with E-state index in [2.05, 4.69) is 19.9 Å². The van der Waals surface area contributed by atoms with Crippen molar-refractivity contribution in [2.45, 2.75) is 18.8 Å². The molecule has 124 valence electrons. The predicted molar refractivity (Wildman–Crippen MR) is 84.1 cm³/mol. The van der Waals surface area contributed by atoms with Crippen LogP contribution in [0, 0.1) is 5.95 Å². The third-order valence-corrected chi connectivity index (χ3v) is 4.45. The lowest BCUT2D eigenvalue weighted by Crippen LogP contribution is -2.49. The number of anilines is 1. The van der Waals surface area contributed by atoms with Crippen molar-refractivity contribution in [2.24, 2.45) is 0 Å². The van der Waals surface area contributed by atoms with Crippen molar-refractivity contribution in [1.29, 1.82) is 0 Å². The molecule has 0 atom stereocenters. The zero-order valence-electron chi connectivity index (χ0n) is 13.1. The van der Waals surface area contributed by atoms with Crippen LogP contribution in [0.1, 0.15) is 34.8 Å². The number of aromatic nitrogens is 4. The monoisotopic (exact) mass is 328 g/mol. The number of piperazine rings is 1. The van der Waals surface area contributed by atoms with Crippen molar-refractivity contribution < 1.29 is 9.18 Å². The Bertz CT molecular complexity index is 758. The molecule has 2 aromatic rings. The van der Waals surface area contributed by atoms with Gasteiger partial charge in [-0.25, -0.2) is 19.9 Å². The van der Waals surface area contributed by atoms with Gasteiger partial charge in [-0.2, -0.15) is 4.39 Å². The van der Waals surface area contributed by atoms with E-state index in [1.54, 1.807) is 11.1 Å². The molecular formula is C16H17FN6O. The predicted octanol–water partition coefficient (Wildman–Crippen LogP) is 1.25. The molecule has 2 fully saturated rings. The molecule has 2 aromatic heterocycles. The Balaban J connectivity index is 1.45. The van der Waals surface area contributed by atoms with Crippen LogP contribution in [0.2, 0.25) is 0 Å². The van der Waals surface area contributed by atoms with E-state index in [9.17, 15) is 9.18 Å². The fourth-order valence-electron chi connectivity index (χ4n) is 2.99. The van der Waals surface area contributed by atoms with E-state index < -0.39 is 5.95 Å². The topological polar surface area (TPSA) is 75.1 Å². The number of carbonyl (C=O) groups excluding carboxylic acids is 1. The average molecular weight is 328 g/mol. The Morgan fingerprint density at radius 3 is 2.58 bits per heavy atom. The third kappa shape index (κ3) is 2.91. The molecule has 0 bridgehead atoms. The molecule has 4 rings (SSSR count). The molecule has 1 amide bonds. The summed E-state index contributed by atoms with van der Waals surface area (Å²) in [6.45, 7) is 2.33. The van der Waals surface area contributed by atoms with Crippen molar-refractivity contribution >= 4 is 11.7 Å². The zero-order chi connectivity index (χ0) is 16.5. The maximum absolute atomic E-state index is 13.2. The second-order valence-corrected chi connectivity index (χ2v) is 6.07. The van der Waals surface area contributed by atoms with Crippen molar-refractivity contribution in [1.82, 2.24) is 24.8 Å². The summed E-state index contributed by atoms with van der Waals surface area (Å²) in [5.74, 6) is 0.383. The normalized spacial score (nSPS) is 17.9. The summed E-state index contributed by atoms with van der Waals surface area (Å²) >= 11 is 0. The number of hydrogen-bond donors (Lipinski definition) is 0. The molecule has 1 aliphatic heterocycles. The molecule has 0 radical (unpaired) electrons. The lowest BCUT2D eigenvalue weighted by Gasteiger charge is -2.35. The van der Waals surface area contributed by atoms with Gasteiger partial charge in [0.2, 0.25) is 5.95 Å². The second kappa shape index (κ2) is 6.10. The van der Waals surface area contributed by atoms with Gasteiger partial charge in [0, 0.05) is 44.4 Å². The van der Waals surface area contributed by atoms with E-state index in [-0.39, 0.29) is 5.91 Å². The molecule has 2 aliphatic rings. The molecule has 7 nitrogen and oxygen atoms in total. The highest BCUT2D eigenvalue weighted by atomic mass is 19.1. The molecule has 1 aliphatic carbocycles. The summed E-state index contributed by atoms with van der Waals surface area (Å²) in [5.41, 5.74) is 1.48. The number of rotatable bonds is 3. The van der Waals surface area contributed by atoms with Crippen molar-refractivity contribution in [3.05, 3.63) is 42.1 Å². The SMILES string of the molecule is O=C(c1cncnc1C1CC1)N1CCN(c2cc(F)ncn2)CC1. The Labute approximate surface area is 138 Å². The fraction of sp³-hybridized carbons (Fsp3) is 0.438. The molecule has 0 unspecified atom stereocenters. The molecule has 1 saturated carbocycles. The number of amides is 1. The van der Waals surface area contributed by atoms with E-state index in [0.717, 1.165) is 18.5 Å². The summed E-state index contributed by atoms with van der Waals surface area (Å²) in [4.78, 5) is 32.4. The standard InChI is InChI=1S/C16H17FN6O/c17-13-7-14(20-10-19-13)22-3-5-23(6-4-22)16(24)12-8-18-9-21-15(12)11-1-2-11/h7-11H,1-6H2. The van der Waals surface area contributed by atoms with Gasteiger partial charge < -0.3 is 9.80 Å². The molecule has 8 heteroatoms. The molecule has 0 spiro atoms. The maximum Gasteiger partial charge on any atom is 0.257 e. The van der Waals surface area contributed by atoms with Crippen molar-refractivity contribution in [3.8, 4) is 0 Å². The highest BCUT2D eigenvalue weighted by Gasteiger charge is 2.32. The summed E-state index contributed by atoms with van der Waals surface area (Å²) in [6.07, 6.45) is 6.52. The minimum Gasteiger partial charge on any atom is -0.353 e.